The van der Waals surface area contributed by atoms with E-state index < -0.39 is 0 Å². The van der Waals surface area contributed by atoms with Crippen LogP contribution < -0.4 is 5.32 Å². The summed E-state index contributed by atoms with van der Waals surface area (Å²) in [4.78, 5) is 0. The van der Waals surface area contributed by atoms with Gasteiger partial charge in [0, 0.05) is 5.69 Å². The number of rotatable bonds is 2. The van der Waals surface area contributed by atoms with E-state index in [1.54, 1.807) is 0 Å². The molecule has 2 aliphatic rings. The summed E-state index contributed by atoms with van der Waals surface area (Å²) in [6.07, 6.45) is 8.03. The molecule has 0 saturated heterocycles. The molecule has 0 radical (unpaired) electrons. The van der Waals surface area contributed by atoms with E-state index >= 15 is 0 Å². The van der Waals surface area contributed by atoms with Crippen molar-refractivity contribution in [3.05, 3.63) is 29.3 Å². The summed E-state index contributed by atoms with van der Waals surface area (Å²) in [5, 5.41) is 13.5. The van der Waals surface area contributed by atoms with Crippen LogP contribution in [0.2, 0.25) is 0 Å². The van der Waals surface area contributed by atoms with Crippen LogP contribution in [0.25, 0.3) is 0 Å². The number of anilines is 1. The lowest BCUT2D eigenvalue weighted by molar-refractivity contribution is 0.116. The van der Waals surface area contributed by atoms with Gasteiger partial charge in [-0.15, -0.1) is 0 Å². The first kappa shape index (κ1) is 11.1. The maximum absolute atomic E-state index is 9.96. The molecule has 1 fully saturated rings. The zero-order valence-corrected chi connectivity index (χ0v) is 10.3. The van der Waals surface area contributed by atoms with Crippen molar-refractivity contribution < 1.29 is 5.11 Å². The molecule has 2 aliphatic carbocycles. The number of aryl methyl sites for hydroxylation is 2. The lowest BCUT2D eigenvalue weighted by Gasteiger charge is -2.29. The zero-order valence-electron chi connectivity index (χ0n) is 10.3. The van der Waals surface area contributed by atoms with Crippen molar-refractivity contribution in [2.75, 3.05) is 5.32 Å². The van der Waals surface area contributed by atoms with E-state index in [9.17, 15) is 5.11 Å². The standard InChI is InChI=1S/C15H21NO/c17-15-7-2-1-6-14(15)16-13-9-8-11-4-3-5-12(11)10-13/h8-10,14-17H,1-7H2/t14-,15-/m1/s1. The molecular formula is C15H21NO. The summed E-state index contributed by atoms with van der Waals surface area (Å²) in [6.45, 7) is 0. The summed E-state index contributed by atoms with van der Waals surface area (Å²) >= 11 is 0. The van der Waals surface area contributed by atoms with Gasteiger partial charge in [-0.1, -0.05) is 18.9 Å². The minimum absolute atomic E-state index is 0.169. The Bertz CT molecular complexity index is 402. The quantitative estimate of drug-likeness (QED) is 0.820. The Morgan fingerprint density at radius 2 is 1.82 bits per heavy atom. The molecule has 2 atom stereocenters. The molecule has 17 heavy (non-hydrogen) atoms. The van der Waals surface area contributed by atoms with Crippen LogP contribution >= 0.6 is 0 Å². The van der Waals surface area contributed by atoms with Crippen molar-refractivity contribution in [3.63, 3.8) is 0 Å². The van der Waals surface area contributed by atoms with E-state index in [0.29, 0.717) is 0 Å². The van der Waals surface area contributed by atoms with Crippen molar-refractivity contribution in [1.29, 1.82) is 0 Å². The average molecular weight is 231 g/mol. The predicted molar refractivity (Wildman–Crippen MR) is 70.4 cm³/mol. The van der Waals surface area contributed by atoms with Gasteiger partial charge >= 0.3 is 0 Å². The number of fused-ring (bicyclic) bond motifs is 1. The van der Waals surface area contributed by atoms with E-state index in [-0.39, 0.29) is 12.1 Å². The maximum Gasteiger partial charge on any atom is 0.0741 e. The van der Waals surface area contributed by atoms with Crippen LogP contribution in [0.4, 0.5) is 5.69 Å². The Labute approximate surface area is 103 Å². The molecule has 1 aromatic carbocycles. The number of benzene rings is 1. The lowest BCUT2D eigenvalue weighted by Crippen LogP contribution is -2.36. The molecule has 2 heteroatoms. The Balaban J connectivity index is 1.72. The van der Waals surface area contributed by atoms with Gasteiger partial charge in [0.2, 0.25) is 0 Å². The first-order valence-electron chi connectivity index (χ1n) is 6.89. The minimum atomic E-state index is -0.169. The van der Waals surface area contributed by atoms with Crippen LogP contribution in [0.5, 0.6) is 0 Å². The van der Waals surface area contributed by atoms with E-state index in [1.807, 2.05) is 0 Å². The van der Waals surface area contributed by atoms with Crippen molar-refractivity contribution in [2.24, 2.45) is 0 Å². The molecule has 2 nitrogen and oxygen atoms in total. The van der Waals surface area contributed by atoms with Crippen molar-refractivity contribution >= 4 is 5.69 Å². The Morgan fingerprint density at radius 3 is 2.71 bits per heavy atom. The molecular weight excluding hydrogens is 210 g/mol. The van der Waals surface area contributed by atoms with Gasteiger partial charge in [-0.2, -0.15) is 0 Å². The van der Waals surface area contributed by atoms with Crippen LogP contribution in [0.3, 0.4) is 0 Å². The Morgan fingerprint density at radius 1 is 1.00 bits per heavy atom. The number of aliphatic hydroxyl groups is 1. The highest BCUT2D eigenvalue weighted by molar-refractivity contribution is 5.50. The molecule has 0 unspecified atom stereocenters. The minimum Gasteiger partial charge on any atom is -0.391 e. The second kappa shape index (κ2) is 4.69. The normalized spacial score (nSPS) is 27.8. The van der Waals surface area contributed by atoms with Gasteiger partial charge in [0.25, 0.3) is 0 Å². The SMILES string of the molecule is O[C@@H]1CCCC[C@H]1Nc1ccc2c(c1)CCC2. The van der Waals surface area contributed by atoms with Crippen LogP contribution in [0, 0.1) is 0 Å². The fraction of sp³-hybridized carbons (Fsp3) is 0.600. The molecule has 0 spiro atoms. The van der Waals surface area contributed by atoms with Crippen LogP contribution in [0.1, 0.15) is 43.2 Å². The topological polar surface area (TPSA) is 32.3 Å². The van der Waals surface area contributed by atoms with Crippen LogP contribution in [-0.4, -0.2) is 17.3 Å². The third-order valence-electron chi connectivity index (χ3n) is 4.18. The zero-order chi connectivity index (χ0) is 11.7. The molecule has 92 valence electrons. The summed E-state index contributed by atoms with van der Waals surface area (Å²) in [5.41, 5.74) is 4.21. The molecule has 0 amide bonds. The number of aliphatic hydroxyl groups excluding tert-OH is 1. The highest BCUT2D eigenvalue weighted by atomic mass is 16.3. The van der Waals surface area contributed by atoms with Gasteiger partial charge < -0.3 is 10.4 Å². The van der Waals surface area contributed by atoms with Crippen LogP contribution in [0.15, 0.2) is 18.2 Å². The second-order valence-corrected chi connectivity index (χ2v) is 5.44. The van der Waals surface area contributed by atoms with Crippen molar-refractivity contribution in [1.82, 2.24) is 0 Å². The highest BCUT2D eigenvalue weighted by Crippen LogP contribution is 2.27. The smallest absolute Gasteiger partial charge is 0.0741 e. The summed E-state index contributed by atoms with van der Waals surface area (Å²) in [7, 11) is 0. The highest BCUT2D eigenvalue weighted by Gasteiger charge is 2.23. The molecule has 0 aliphatic heterocycles. The second-order valence-electron chi connectivity index (χ2n) is 5.44. The van der Waals surface area contributed by atoms with Crippen molar-refractivity contribution in [2.45, 2.75) is 57.1 Å². The van der Waals surface area contributed by atoms with Gasteiger partial charge in [0.15, 0.2) is 0 Å². The Kier molecular flexibility index (Phi) is 3.06. The van der Waals surface area contributed by atoms with E-state index in [2.05, 4.69) is 23.5 Å². The molecule has 3 rings (SSSR count). The molecule has 1 aromatic rings. The van der Waals surface area contributed by atoms with Gasteiger partial charge in [-0.25, -0.2) is 0 Å². The third-order valence-corrected chi connectivity index (χ3v) is 4.18. The first-order chi connectivity index (χ1) is 8.33. The van der Waals surface area contributed by atoms with Gasteiger partial charge in [0.05, 0.1) is 12.1 Å². The van der Waals surface area contributed by atoms with Gasteiger partial charge in [-0.05, 0) is 55.4 Å². The lowest BCUT2D eigenvalue weighted by atomic mass is 9.92. The first-order valence-corrected chi connectivity index (χ1v) is 6.89. The summed E-state index contributed by atoms with van der Waals surface area (Å²) in [5.74, 6) is 0. The van der Waals surface area contributed by atoms with E-state index in [0.717, 1.165) is 12.8 Å². The van der Waals surface area contributed by atoms with E-state index in [4.69, 9.17) is 0 Å². The third kappa shape index (κ3) is 2.32. The molecule has 0 bridgehead atoms. The maximum atomic E-state index is 9.96. The molecule has 2 N–H and O–H groups in total. The van der Waals surface area contributed by atoms with E-state index in [1.165, 1.54) is 48.9 Å². The Hall–Kier alpha value is -1.02. The number of nitrogens with one attached hydrogen (secondary N) is 1. The summed E-state index contributed by atoms with van der Waals surface area (Å²) < 4.78 is 0. The molecule has 1 saturated carbocycles. The number of hydrogen-bond acceptors (Lipinski definition) is 2. The molecule has 0 heterocycles. The number of hydrogen-bond donors (Lipinski definition) is 2. The average Bonchev–Trinajstić information content (AvgIpc) is 2.79. The van der Waals surface area contributed by atoms with Gasteiger partial charge in [0.1, 0.15) is 0 Å². The fourth-order valence-electron chi connectivity index (χ4n) is 3.16. The predicted octanol–water partition coefficient (Wildman–Crippen LogP) is 2.89. The van der Waals surface area contributed by atoms with Gasteiger partial charge in [-0.3, -0.25) is 0 Å². The largest absolute Gasteiger partial charge is 0.391 e. The van der Waals surface area contributed by atoms with Crippen LogP contribution in [-0.2, 0) is 12.8 Å². The van der Waals surface area contributed by atoms with Crippen molar-refractivity contribution in [3.8, 4) is 0 Å². The monoisotopic (exact) mass is 231 g/mol. The fourth-order valence-corrected chi connectivity index (χ4v) is 3.16. The molecule has 0 aromatic heterocycles. The summed E-state index contributed by atoms with van der Waals surface area (Å²) in [6, 6.07) is 6.96.